The summed E-state index contributed by atoms with van der Waals surface area (Å²) in [4.78, 5) is 25.6. The minimum atomic E-state index is -1.07. The van der Waals surface area contributed by atoms with Crippen molar-refractivity contribution >= 4 is 23.8 Å². The number of carbonyl (C=O) groups excluding carboxylic acids is 1. The van der Waals surface area contributed by atoms with E-state index < -0.39 is 11.5 Å². The summed E-state index contributed by atoms with van der Waals surface area (Å²) in [6.07, 6.45) is 3.77. The lowest BCUT2D eigenvalue weighted by molar-refractivity contribution is -0.146. The Balaban J connectivity index is 2.00. The van der Waals surface area contributed by atoms with Crippen molar-refractivity contribution in [3.63, 3.8) is 0 Å². The maximum atomic E-state index is 12.3. The lowest BCUT2D eigenvalue weighted by Crippen LogP contribution is -2.59. The Morgan fingerprint density at radius 3 is 2.45 bits per heavy atom. The van der Waals surface area contributed by atoms with E-state index in [-0.39, 0.29) is 12.1 Å². The summed E-state index contributed by atoms with van der Waals surface area (Å²) in [6, 6.07) is -0.0113. The minimum Gasteiger partial charge on any atom is -0.480 e. The van der Waals surface area contributed by atoms with Crippen molar-refractivity contribution in [2.75, 3.05) is 18.6 Å². The molecule has 0 spiro atoms. The van der Waals surface area contributed by atoms with Crippen molar-refractivity contribution in [3.05, 3.63) is 0 Å². The zero-order chi connectivity index (χ0) is 14.8. The summed E-state index contributed by atoms with van der Waals surface area (Å²) < 4.78 is 0. The molecule has 0 aromatic carbocycles. The number of thioether (sulfide) groups is 1. The molecule has 0 aromatic heterocycles. The molecular formula is C14H24N2O3S. The Bertz CT molecular complexity index is 375. The summed E-state index contributed by atoms with van der Waals surface area (Å²) in [5.41, 5.74) is -1.07. The first-order valence-electron chi connectivity index (χ1n) is 7.31. The Labute approximate surface area is 124 Å². The zero-order valence-electron chi connectivity index (χ0n) is 12.2. The van der Waals surface area contributed by atoms with Crippen LogP contribution in [0.2, 0.25) is 0 Å². The lowest BCUT2D eigenvalue weighted by atomic mass is 9.77. The van der Waals surface area contributed by atoms with E-state index in [1.54, 1.807) is 11.9 Å². The molecule has 1 atom stereocenters. The van der Waals surface area contributed by atoms with Crippen LogP contribution in [0.3, 0.4) is 0 Å². The van der Waals surface area contributed by atoms with E-state index in [1.165, 1.54) is 0 Å². The van der Waals surface area contributed by atoms with Crippen LogP contribution in [-0.4, -0.2) is 52.1 Å². The third-order valence-corrected chi connectivity index (χ3v) is 5.80. The Morgan fingerprint density at radius 2 is 1.95 bits per heavy atom. The van der Waals surface area contributed by atoms with Crippen molar-refractivity contribution in [1.29, 1.82) is 0 Å². The molecule has 1 aliphatic heterocycles. The minimum absolute atomic E-state index is 0.230. The molecule has 0 radical (unpaired) electrons. The number of aliphatic carboxylic acids is 1. The van der Waals surface area contributed by atoms with Crippen LogP contribution in [0.4, 0.5) is 4.79 Å². The Kier molecular flexibility index (Phi) is 4.83. The second-order valence-corrected chi connectivity index (χ2v) is 7.28. The van der Waals surface area contributed by atoms with E-state index >= 15 is 0 Å². The van der Waals surface area contributed by atoms with Crippen LogP contribution >= 0.6 is 11.8 Å². The largest absolute Gasteiger partial charge is 0.480 e. The smallest absolute Gasteiger partial charge is 0.329 e. The molecule has 6 heteroatoms. The second-order valence-electron chi connectivity index (χ2n) is 6.13. The number of nitrogens with zero attached hydrogens (tertiary/aromatic N) is 1. The predicted molar refractivity (Wildman–Crippen MR) is 80.0 cm³/mol. The van der Waals surface area contributed by atoms with Crippen LogP contribution in [0, 0.1) is 5.92 Å². The van der Waals surface area contributed by atoms with Crippen LogP contribution in [0.5, 0.6) is 0 Å². The monoisotopic (exact) mass is 300 g/mol. The summed E-state index contributed by atoms with van der Waals surface area (Å²) in [5.74, 6) is 1.67. The van der Waals surface area contributed by atoms with Crippen molar-refractivity contribution in [2.24, 2.45) is 5.92 Å². The highest BCUT2D eigenvalue weighted by Gasteiger charge is 2.43. The molecule has 114 valence electrons. The zero-order valence-corrected chi connectivity index (χ0v) is 13.0. The van der Waals surface area contributed by atoms with Crippen molar-refractivity contribution in [2.45, 2.75) is 50.6 Å². The van der Waals surface area contributed by atoms with Gasteiger partial charge in [0.25, 0.3) is 0 Å². The Morgan fingerprint density at radius 1 is 1.30 bits per heavy atom. The number of rotatable bonds is 3. The number of carboxylic acids is 1. The van der Waals surface area contributed by atoms with E-state index in [0.717, 1.165) is 30.8 Å². The SMILES string of the molecule is CC1CCC(NC(=O)N(C)C2CCSC2)(C(=O)O)CC1. The summed E-state index contributed by atoms with van der Waals surface area (Å²) in [5, 5.41) is 12.3. The van der Waals surface area contributed by atoms with Gasteiger partial charge in [-0.05, 0) is 43.8 Å². The number of nitrogens with one attached hydrogen (secondary N) is 1. The van der Waals surface area contributed by atoms with Crippen molar-refractivity contribution in [1.82, 2.24) is 10.2 Å². The molecule has 5 nitrogen and oxygen atoms in total. The Hall–Kier alpha value is -0.910. The highest BCUT2D eigenvalue weighted by Crippen LogP contribution is 2.32. The maximum Gasteiger partial charge on any atom is 0.329 e. The number of hydrogen-bond donors (Lipinski definition) is 2. The standard InChI is InChI=1S/C14H24N2O3S/c1-10-3-6-14(7-4-10,12(17)18)15-13(19)16(2)11-5-8-20-9-11/h10-11H,3-9H2,1-2H3,(H,15,19)(H,17,18). The van der Waals surface area contributed by atoms with E-state index in [4.69, 9.17) is 0 Å². The molecule has 20 heavy (non-hydrogen) atoms. The van der Waals surface area contributed by atoms with Crippen LogP contribution in [0.25, 0.3) is 0 Å². The van der Waals surface area contributed by atoms with Crippen molar-refractivity contribution in [3.8, 4) is 0 Å². The highest BCUT2D eigenvalue weighted by atomic mass is 32.2. The van der Waals surface area contributed by atoms with Gasteiger partial charge in [-0.3, -0.25) is 0 Å². The molecule has 2 aliphatic rings. The first-order valence-corrected chi connectivity index (χ1v) is 8.46. The molecular weight excluding hydrogens is 276 g/mol. The predicted octanol–water partition coefficient (Wildman–Crippen LogP) is 2.17. The van der Waals surface area contributed by atoms with Crippen LogP contribution in [-0.2, 0) is 4.79 Å². The topological polar surface area (TPSA) is 69.6 Å². The van der Waals surface area contributed by atoms with Crippen molar-refractivity contribution < 1.29 is 14.7 Å². The summed E-state index contributed by atoms with van der Waals surface area (Å²) in [7, 11) is 1.77. The van der Waals surface area contributed by atoms with E-state index in [9.17, 15) is 14.7 Å². The van der Waals surface area contributed by atoms with Gasteiger partial charge in [0.05, 0.1) is 0 Å². The number of carbonyl (C=O) groups is 2. The first kappa shape index (κ1) is 15.5. The van der Waals surface area contributed by atoms with Crippen LogP contribution in [0.1, 0.15) is 39.0 Å². The van der Waals surface area contributed by atoms with Gasteiger partial charge in [-0.25, -0.2) is 9.59 Å². The first-order chi connectivity index (χ1) is 9.44. The van der Waals surface area contributed by atoms with Gasteiger partial charge >= 0.3 is 12.0 Å². The summed E-state index contributed by atoms with van der Waals surface area (Å²) >= 11 is 1.84. The molecule has 1 saturated carbocycles. The quantitative estimate of drug-likeness (QED) is 0.838. The molecule has 1 saturated heterocycles. The number of urea groups is 1. The molecule has 0 aromatic rings. The van der Waals surface area contributed by atoms with Gasteiger partial charge in [-0.15, -0.1) is 0 Å². The third-order valence-electron chi connectivity index (χ3n) is 4.66. The van der Waals surface area contributed by atoms with Gasteiger partial charge in [0.15, 0.2) is 0 Å². The number of hydrogen-bond acceptors (Lipinski definition) is 3. The maximum absolute atomic E-state index is 12.3. The normalized spacial score (nSPS) is 33.7. The van der Waals surface area contributed by atoms with E-state index in [1.807, 2.05) is 11.8 Å². The molecule has 1 aliphatic carbocycles. The summed E-state index contributed by atoms with van der Waals surface area (Å²) in [6.45, 7) is 2.13. The lowest BCUT2D eigenvalue weighted by Gasteiger charge is -2.38. The van der Waals surface area contributed by atoms with Gasteiger partial charge in [-0.2, -0.15) is 11.8 Å². The van der Waals surface area contributed by atoms with Crippen LogP contribution < -0.4 is 5.32 Å². The van der Waals surface area contributed by atoms with Gasteiger partial charge in [0.1, 0.15) is 5.54 Å². The van der Waals surface area contributed by atoms with Gasteiger partial charge in [0, 0.05) is 18.8 Å². The molecule has 1 unspecified atom stereocenters. The fourth-order valence-electron chi connectivity index (χ4n) is 2.93. The highest BCUT2D eigenvalue weighted by molar-refractivity contribution is 7.99. The second kappa shape index (κ2) is 6.24. The molecule has 2 amide bonds. The van der Waals surface area contributed by atoms with Gasteiger partial charge in [0.2, 0.25) is 0 Å². The molecule has 1 heterocycles. The number of carboxylic acid groups (broad SMARTS) is 1. The molecule has 2 rings (SSSR count). The third kappa shape index (κ3) is 3.22. The average molecular weight is 300 g/mol. The molecule has 2 N–H and O–H groups in total. The number of amides is 2. The fourth-order valence-corrected chi connectivity index (χ4v) is 4.20. The average Bonchev–Trinajstić information content (AvgIpc) is 2.94. The van der Waals surface area contributed by atoms with E-state index in [2.05, 4.69) is 12.2 Å². The van der Waals surface area contributed by atoms with Crippen LogP contribution in [0.15, 0.2) is 0 Å². The molecule has 2 fully saturated rings. The molecule has 0 bridgehead atoms. The fraction of sp³-hybridized carbons (Fsp3) is 0.857. The van der Waals surface area contributed by atoms with E-state index in [0.29, 0.717) is 18.8 Å². The van der Waals surface area contributed by atoms with Gasteiger partial charge < -0.3 is 15.3 Å². The van der Waals surface area contributed by atoms with Gasteiger partial charge in [-0.1, -0.05) is 6.92 Å².